The lowest BCUT2D eigenvalue weighted by molar-refractivity contribution is -0.0396. The number of rotatable bonds is 6. The molecule has 8 nitrogen and oxygen atoms in total. The summed E-state index contributed by atoms with van der Waals surface area (Å²) in [6.07, 6.45) is 3.41. The van der Waals surface area contributed by atoms with Crippen LogP contribution in [0.25, 0.3) is 20.4 Å². The fourth-order valence-corrected chi connectivity index (χ4v) is 5.50. The van der Waals surface area contributed by atoms with Crippen LogP contribution in [-0.4, -0.2) is 67.1 Å². The van der Waals surface area contributed by atoms with Crippen molar-refractivity contribution in [3.63, 3.8) is 0 Å². The molecule has 5 rings (SSSR count). The largest absolute Gasteiger partial charge is 0.385 e. The van der Waals surface area contributed by atoms with Gasteiger partial charge in [-0.15, -0.1) is 11.3 Å². The number of nitrogens with zero attached hydrogens (tertiary/aromatic N) is 4. The summed E-state index contributed by atoms with van der Waals surface area (Å²) >= 11 is 1.67. The molecule has 166 valence electrons. The Morgan fingerprint density at radius 2 is 2.06 bits per heavy atom. The third-order valence-electron chi connectivity index (χ3n) is 5.93. The van der Waals surface area contributed by atoms with Gasteiger partial charge in [-0.3, -0.25) is 0 Å². The van der Waals surface area contributed by atoms with Gasteiger partial charge in [0.25, 0.3) is 0 Å². The van der Waals surface area contributed by atoms with Crippen molar-refractivity contribution in [1.29, 1.82) is 0 Å². The van der Waals surface area contributed by atoms with E-state index in [1.54, 1.807) is 24.8 Å². The summed E-state index contributed by atoms with van der Waals surface area (Å²) in [4.78, 5) is 17.7. The Kier molecular flexibility index (Phi) is 5.68. The van der Waals surface area contributed by atoms with Crippen LogP contribution in [0.15, 0.2) is 6.33 Å². The third kappa shape index (κ3) is 3.95. The van der Waals surface area contributed by atoms with Crippen LogP contribution < -0.4 is 10.2 Å². The summed E-state index contributed by atoms with van der Waals surface area (Å²) in [5.41, 5.74) is 3.28. The Morgan fingerprint density at radius 1 is 1.23 bits per heavy atom. The van der Waals surface area contributed by atoms with E-state index in [1.165, 1.54) is 11.1 Å². The zero-order valence-electron chi connectivity index (χ0n) is 18.4. The van der Waals surface area contributed by atoms with Gasteiger partial charge in [0.1, 0.15) is 22.8 Å². The highest BCUT2D eigenvalue weighted by molar-refractivity contribution is 7.26. The van der Waals surface area contributed by atoms with Crippen molar-refractivity contribution in [2.45, 2.75) is 38.9 Å². The maximum Gasteiger partial charge on any atom is 0.147 e. The molecule has 0 saturated carbocycles. The van der Waals surface area contributed by atoms with Crippen LogP contribution in [-0.2, 0) is 27.2 Å². The van der Waals surface area contributed by atoms with Gasteiger partial charge in [-0.25, -0.2) is 15.0 Å². The molecule has 0 unspecified atom stereocenters. The fraction of sp³-hybridized carbons (Fsp3) is 0.591. The lowest BCUT2D eigenvalue weighted by Crippen LogP contribution is -2.39. The van der Waals surface area contributed by atoms with E-state index in [0.29, 0.717) is 6.61 Å². The molecule has 0 aliphatic carbocycles. The predicted molar refractivity (Wildman–Crippen MR) is 123 cm³/mol. The van der Waals surface area contributed by atoms with Crippen LogP contribution in [0.1, 0.15) is 31.4 Å². The molecular weight excluding hydrogens is 414 g/mol. The highest BCUT2D eigenvalue weighted by Gasteiger charge is 2.33. The summed E-state index contributed by atoms with van der Waals surface area (Å²) in [5.74, 6) is 1.91. The van der Waals surface area contributed by atoms with E-state index < -0.39 is 0 Å². The molecule has 2 aliphatic rings. The molecule has 5 heterocycles. The highest BCUT2D eigenvalue weighted by atomic mass is 32.1. The summed E-state index contributed by atoms with van der Waals surface area (Å²) in [6, 6.07) is 0. The molecule has 2 aliphatic heterocycles. The molecule has 31 heavy (non-hydrogen) atoms. The molecule has 3 aromatic rings. The summed E-state index contributed by atoms with van der Waals surface area (Å²) in [7, 11) is 1.72. The van der Waals surface area contributed by atoms with Crippen LogP contribution in [0, 0.1) is 0 Å². The van der Waals surface area contributed by atoms with E-state index >= 15 is 0 Å². The number of aromatic nitrogens is 3. The fourth-order valence-electron chi connectivity index (χ4n) is 4.37. The number of morpholine rings is 1. The number of methoxy groups -OCH3 is 1. The standard InChI is InChI=1S/C22H29N5O3S/c1-22(2)11-14-15(12-30-22)20(27-6-9-29-10-7-27)26-21-16(14)17-18(31-21)19(25-13-24-17)23-5-4-8-28-3/h13H,4-12H2,1-3H3,(H,23,24,25). The van der Waals surface area contributed by atoms with E-state index in [-0.39, 0.29) is 5.60 Å². The lowest BCUT2D eigenvalue weighted by Gasteiger charge is -2.36. The Labute approximate surface area is 185 Å². The molecule has 9 heteroatoms. The van der Waals surface area contributed by atoms with E-state index in [4.69, 9.17) is 24.2 Å². The number of hydrogen-bond donors (Lipinski definition) is 1. The minimum absolute atomic E-state index is 0.216. The van der Waals surface area contributed by atoms with Crippen molar-refractivity contribution in [3.8, 4) is 0 Å². The maximum absolute atomic E-state index is 6.21. The second-order valence-corrected chi connectivity index (χ2v) is 9.67. The third-order valence-corrected chi connectivity index (χ3v) is 7.01. The van der Waals surface area contributed by atoms with Crippen LogP contribution in [0.4, 0.5) is 11.6 Å². The first-order valence-corrected chi connectivity index (χ1v) is 11.7. The number of anilines is 2. The molecule has 0 aromatic carbocycles. The molecule has 1 saturated heterocycles. The van der Waals surface area contributed by atoms with Crippen LogP contribution in [0.2, 0.25) is 0 Å². The van der Waals surface area contributed by atoms with E-state index in [2.05, 4.69) is 29.0 Å². The monoisotopic (exact) mass is 443 g/mol. The Balaban J connectivity index is 1.65. The highest BCUT2D eigenvalue weighted by Crippen LogP contribution is 2.44. The van der Waals surface area contributed by atoms with Crippen molar-refractivity contribution in [3.05, 3.63) is 17.5 Å². The van der Waals surface area contributed by atoms with E-state index in [1.807, 2.05) is 0 Å². The minimum Gasteiger partial charge on any atom is -0.385 e. The van der Waals surface area contributed by atoms with Gasteiger partial charge in [-0.05, 0) is 25.8 Å². The number of nitrogens with one attached hydrogen (secondary N) is 1. The Hall–Kier alpha value is -2.07. The average molecular weight is 444 g/mol. The average Bonchev–Trinajstić information content (AvgIpc) is 3.15. The Morgan fingerprint density at radius 3 is 2.87 bits per heavy atom. The number of hydrogen-bond acceptors (Lipinski definition) is 9. The normalized spacial score (nSPS) is 18.5. The zero-order chi connectivity index (χ0) is 21.4. The van der Waals surface area contributed by atoms with Crippen molar-refractivity contribution in [2.75, 3.05) is 56.8 Å². The molecule has 0 spiro atoms. The first kappa shape index (κ1) is 20.8. The zero-order valence-corrected chi connectivity index (χ0v) is 19.2. The molecule has 0 atom stereocenters. The molecule has 0 bridgehead atoms. The predicted octanol–water partition coefficient (Wildman–Crippen LogP) is 3.38. The molecule has 3 aromatic heterocycles. The number of thiophene rings is 1. The van der Waals surface area contributed by atoms with Crippen molar-refractivity contribution in [2.24, 2.45) is 0 Å². The van der Waals surface area contributed by atoms with Gasteiger partial charge in [-0.2, -0.15) is 0 Å². The first-order valence-electron chi connectivity index (χ1n) is 10.9. The summed E-state index contributed by atoms with van der Waals surface area (Å²) < 4.78 is 18.0. The second kappa shape index (κ2) is 8.46. The Bertz CT molecular complexity index is 1090. The first-order chi connectivity index (χ1) is 15.1. The lowest BCUT2D eigenvalue weighted by atomic mass is 9.90. The summed E-state index contributed by atoms with van der Waals surface area (Å²) in [6.45, 7) is 9.58. The minimum atomic E-state index is -0.216. The van der Waals surface area contributed by atoms with Gasteiger partial charge in [0.15, 0.2) is 0 Å². The van der Waals surface area contributed by atoms with Crippen molar-refractivity contribution < 1.29 is 14.2 Å². The topological polar surface area (TPSA) is 81.6 Å². The van der Waals surface area contributed by atoms with Gasteiger partial charge in [0.05, 0.1) is 35.6 Å². The molecule has 0 radical (unpaired) electrons. The van der Waals surface area contributed by atoms with Gasteiger partial charge in [0.2, 0.25) is 0 Å². The summed E-state index contributed by atoms with van der Waals surface area (Å²) in [5, 5.41) is 4.62. The number of ether oxygens (including phenoxy) is 3. The van der Waals surface area contributed by atoms with Crippen LogP contribution in [0.5, 0.6) is 0 Å². The molecule has 1 N–H and O–H groups in total. The molecule has 0 amide bonds. The quantitative estimate of drug-likeness (QED) is 0.581. The van der Waals surface area contributed by atoms with Gasteiger partial charge < -0.3 is 24.4 Å². The van der Waals surface area contributed by atoms with Crippen molar-refractivity contribution in [1.82, 2.24) is 15.0 Å². The second-order valence-electron chi connectivity index (χ2n) is 8.67. The maximum atomic E-state index is 6.21. The molecule has 1 fully saturated rings. The van der Waals surface area contributed by atoms with Crippen LogP contribution >= 0.6 is 11.3 Å². The van der Waals surface area contributed by atoms with Gasteiger partial charge >= 0.3 is 0 Å². The van der Waals surface area contributed by atoms with Crippen molar-refractivity contribution >= 4 is 43.4 Å². The SMILES string of the molecule is COCCCNc1ncnc2c1sc1nc(N3CCOCC3)c3c(c12)CC(C)(C)OC3. The number of pyridine rings is 1. The molecular formula is C22H29N5O3S. The van der Waals surface area contributed by atoms with Crippen LogP contribution in [0.3, 0.4) is 0 Å². The van der Waals surface area contributed by atoms with Gasteiger partial charge in [0, 0.05) is 50.7 Å². The van der Waals surface area contributed by atoms with E-state index in [9.17, 15) is 0 Å². The van der Waals surface area contributed by atoms with Gasteiger partial charge in [-0.1, -0.05) is 0 Å². The van der Waals surface area contributed by atoms with E-state index in [0.717, 1.165) is 84.4 Å². The number of fused-ring (bicyclic) bond motifs is 5. The smallest absolute Gasteiger partial charge is 0.147 e.